The maximum atomic E-state index is 14.3. The number of nitrogens with zero attached hydrogens (tertiary/aromatic N) is 2. The molecular weight excluding hydrogens is 505 g/mol. The maximum Gasteiger partial charge on any atom is 0.461 e. The van der Waals surface area contributed by atoms with E-state index in [9.17, 15) is 36.0 Å². The van der Waals surface area contributed by atoms with Gasteiger partial charge in [0, 0.05) is 17.2 Å². The molecule has 0 unspecified atom stereocenters. The molecule has 0 aliphatic heterocycles. The van der Waals surface area contributed by atoms with Crippen molar-refractivity contribution in [3.63, 3.8) is 0 Å². The third-order valence-electron chi connectivity index (χ3n) is 4.84. The van der Waals surface area contributed by atoms with Gasteiger partial charge in [-0.15, -0.1) is 0 Å². The molecule has 3 aromatic rings. The number of hydrogen-bond acceptors (Lipinski definition) is 3. The molecule has 2 aromatic carbocycles. The van der Waals surface area contributed by atoms with Gasteiger partial charge in [0.2, 0.25) is 0 Å². The zero-order valence-corrected chi connectivity index (χ0v) is 18.6. The smallest absolute Gasteiger partial charge is 0.428 e. The van der Waals surface area contributed by atoms with Crippen LogP contribution in [-0.2, 0) is 17.6 Å². The predicted octanol–water partition coefficient (Wildman–Crippen LogP) is 7.60. The zero-order valence-electron chi connectivity index (χ0n) is 17.8. The molecule has 0 saturated heterocycles. The summed E-state index contributed by atoms with van der Waals surface area (Å²) in [6, 6.07) is 11.1. The zero-order chi connectivity index (χ0) is 26.0. The highest BCUT2D eigenvalue weighted by molar-refractivity contribution is 6.30. The Morgan fingerprint density at radius 2 is 1.54 bits per heavy atom. The summed E-state index contributed by atoms with van der Waals surface area (Å²) in [4.78, 5) is 0. The lowest BCUT2D eigenvalue weighted by Crippen LogP contribution is -2.33. The Morgan fingerprint density at radius 1 is 0.971 bits per heavy atom. The maximum absolute atomic E-state index is 14.3. The molecule has 0 spiro atoms. The van der Waals surface area contributed by atoms with Gasteiger partial charge in [0.15, 0.2) is 0 Å². The number of halogens is 8. The molecule has 1 heterocycles. The van der Waals surface area contributed by atoms with Crippen molar-refractivity contribution in [2.24, 2.45) is 0 Å². The van der Waals surface area contributed by atoms with Crippen molar-refractivity contribution in [2.45, 2.75) is 32.4 Å². The van der Waals surface area contributed by atoms with Crippen LogP contribution in [0, 0.1) is 11.3 Å². The van der Waals surface area contributed by atoms with Crippen LogP contribution in [0.15, 0.2) is 48.5 Å². The van der Waals surface area contributed by atoms with Crippen LogP contribution in [0.1, 0.15) is 18.2 Å². The summed E-state index contributed by atoms with van der Waals surface area (Å²) in [5, 5.41) is 10.1. The van der Waals surface area contributed by atoms with Crippen LogP contribution in [0.25, 0.3) is 22.4 Å². The molecule has 12 heteroatoms. The van der Waals surface area contributed by atoms with Gasteiger partial charge in [0.1, 0.15) is 24.2 Å². The third-order valence-corrected chi connectivity index (χ3v) is 5.09. The fourth-order valence-corrected chi connectivity index (χ4v) is 3.54. The predicted molar refractivity (Wildman–Crippen MR) is 113 cm³/mol. The van der Waals surface area contributed by atoms with Crippen LogP contribution in [0.4, 0.5) is 30.7 Å². The Kier molecular flexibility index (Phi) is 7.67. The van der Waals surface area contributed by atoms with Crippen molar-refractivity contribution in [1.82, 2.24) is 4.57 Å². The van der Waals surface area contributed by atoms with Crippen LogP contribution >= 0.6 is 11.6 Å². The minimum atomic E-state index is -4.92. The molecule has 0 amide bonds. The highest BCUT2D eigenvalue weighted by Gasteiger charge is 2.44. The first-order valence-electron chi connectivity index (χ1n) is 9.93. The lowest BCUT2D eigenvalue weighted by molar-refractivity contribution is -0.253. The topological polar surface area (TPSA) is 47.2 Å². The SMILES string of the molecule is CCOCn1c(-c2ccc(OC(F)(F)C(F)F)cc2)c(C#N)c(-c2ccc(Cl)cc2)c1C(F)(F)F. The molecule has 4 nitrogen and oxygen atoms in total. The van der Waals surface area contributed by atoms with E-state index in [1.54, 1.807) is 13.0 Å². The van der Waals surface area contributed by atoms with Gasteiger partial charge in [0.25, 0.3) is 0 Å². The third kappa shape index (κ3) is 5.55. The fourth-order valence-electron chi connectivity index (χ4n) is 3.41. The van der Waals surface area contributed by atoms with Crippen molar-refractivity contribution in [3.8, 4) is 34.2 Å². The van der Waals surface area contributed by atoms with Crippen molar-refractivity contribution < 1.29 is 40.2 Å². The average molecular weight is 521 g/mol. The largest absolute Gasteiger partial charge is 0.461 e. The summed E-state index contributed by atoms with van der Waals surface area (Å²) in [6.45, 7) is 1.05. The summed E-state index contributed by atoms with van der Waals surface area (Å²) >= 11 is 5.86. The van der Waals surface area contributed by atoms with E-state index in [2.05, 4.69) is 4.74 Å². The van der Waals surface area contributed by atoms with Crippen LogP contribution in [0.5, 0.6) is 5.75 Å². The molecule has 35 heavy (non-hydrogen) atoms. The van der Waals surface area contributed by atoms with Gasteiger partial charge in [-0.2, -0.15) is 36.0 Å². The van der Waals surface area contributed by atoms with Crippen LogP contribution < -0.4 is 4.74 Å². The molecule has 0 fully saturated rings. The van der Waals surface area contributed by atoms with Crippen LogP contribution in [-0.4, -0.2) is 23.7 Å². The number of aromatic nitrogens is 1. The molecule has 0 aliphatic carbocycles. The van der Waals surface area contributed by atoms with Crippen molar-refractivity contribution in [2.75, 3.05) is 6.61 Å². The Hall–Kier alpha value is -3.23. The number of ether oxygens (including phenoxy) is 2. The molecule has 1 aromatic heterocycles. The summed E-state index contributed by atoms with van der Waals surface area (Å²) in [6.07, 6.45) is -13.8. The van der Waals surface area contributed by atoms with E-state index in [1.807, 2.05) is 0 Å². The molecule has 0 atom stereocenters. The molecule has 0 aliphatic rings. The Morgan fingerprint density at radius 3 is 2.03 bits per heavy atom. The number of nitriles is 1. The average Bonchev–Trinajstić information content (AvgIpc) is 3.13. The van der Waals surface area contributed by atoms with E-state index >= 15 is 0 Å². The fraction of sp³-hybridized carbons (Fsp3) is 0.261. The first-order chi connectivity index (χ1) is 16.4. The van der Waals surface area contributed by atoms with Crippen molar-refractivity contribution in [1.29, 1.82) is 5.26 Å². The van der Waals surface area contributed by atoms with Crippen molar-refractivity contribution in [3.05, 3.63) is 64.8 Å². The summed E-state index contributed by atoms with van der Waals surface area (Å²) in [7, 11) is 0. The summed E-state index contributed by atoms with van der Waals surface area (Å²) in [5.41, 5.74) is -2.07. The molecule has 0 saturated carbocycles. The van der Waals surface area contributed by atoms with E-state index < -0.39 is 42.4 Å². The van der Waals surface area contributed by atoms with Gasteiger partial charge < -0.3 is 14.0 Å². The molecule has 0 bridgehead atoms. The van der Waals surface area contributed by atoms with Crippen molar-refractivity contribution >= 4 is 11.6 Å². The molecular formula is C23H16ClF7N2O2. The minimum absolute atomic E-state index is 0.0136. The lowest BCUT2D eigenvalue weighted by Gasteiger charge is -2.18. The van der Waals surface area contributed by atoms with E-state index in [4.69, 9.17) is 16.3 Å². The van der Waals surface area contributed by atoms with E-state index in [-0.39, 0.29) is 34.0 Å². The Bertz CT molecular complexity index is 1220. The van der Waals surface area contributed by atoms with Crippen LogP contribution in [0.3, 0.4) is 0 Å². The minimum Gasteiger partial charge on any atom is -0.428 e. The number of hydrogen-bond donors (Lipinski definition) is 0. The number of rotatable bonds is 8. The van der Waals surface area contributed by atoms with Crippen LogP contribution in [0.2, 0.25) is 5.02 Å². The number of benzene rings is 2. The first-order valence-corrected chi connectivity index (χ1v) is 10.3. The Balaban J connectivity index is 2.26. The number of alkyl halides is 7. The van der Waals surface area contributed by atoms with Gasteiger partial charge in [-0.3, -0.25) is 0 Å². The molecule has 0 N–H and O–H groups in total. The van der Waals surface area contributed by atoms with Gasteiger partial charge in [-0.05, 0) is 54.4 Å². The van der Waals surface area contributed by atoms with E-state index in [1.165, 1.54) is 24.3 Å². The second-order valence-corrected chi connectivity index (χ2v) is 7.54. The highest BCUT2D eigenvalue weighted by Crippen LogP contribution is 2.45. The summed E-state index contributed by atoms with van der Waals surface area (Å²) < 4.78 is 104. The molecule has 0 radical (unpaired) electrons. The van der Waals surface area contributed by atoms with E-state index in [0.29, 0.717) is 0 Å². The van der Waals surface area contributed by atoms with Gasteiger partial charge in [-0.25, -0.2) is 0 Å². The normalized spacial score (nSPS) is 12.1. The molecule has 3 rings (SSSR count). The second kappa shape index (κ2) is 10.2. The first kappa shape index (κ1) is 26.4. The Labute approximate surface area is 200 Å². The quantitative estimate of drug-likeness (QED) is 0.287. The van der Waals surface area contributed by atoms with Gasteiger partial charge in [0.05, 0.1) is 11.3 Å². The molecule has 186 valence electrons. The summed E-state index contributed by atoms with van der Waals surface area (Å²) in [5.74, 6) is -0.644. The van der Waals surface area contributed by atoms with E-state index in [0.717, 1.165) is 28.8 Å². The van der Waals surface area contributed by atoms with Gasteiger partial charge in [-0.1, -0.05) is 23.7 Å². The lowest BCUT2D eigenvalue weighted by atomic mass is 9.98. The second-order valence-electron chi connectivity index (χ2n) is 7.10. The standard InChI is InChI=1S/C23H16ClF7N2O2/c1-2-34-12-33-19(14-5-9-16(10-6-14)35-23(30,31)21(25)26)17(11-32)18(20(33)22(27,28)29)13-3-7-15(24)8-4-13/h3-10,21H,2,12H2,1H3. The monoisotopic (exact) mass is 520 g/mol. The van der Waals surface area contributed by atoms with Gasteiger partial charge >= 0.3 is 18.7 Å². The highest BCUT2D eigenvalue weighted by atomic mass is 35.5.